The lowest BCUT2D eigenvalue weighted by molar-refractivity contribution is 0.153. The van der Waals surface area contributed by atoms with E-state index in [2.05, 4.69) is 33.6 Å². The first kappa shape index (κ1) is 14.1. The van der Waals surface area contributed by atoms with Gasteiger partial charge in [0.25, 0.3) is 0 Å². The van der Waals surface area contributed by atoms with Crippen molar-refractivity contribution >= 4 is 0 Å². The van der Waals surface area contributed by atoms with Gasteiger partial charge in [-0.25, -0.2) is 0 Å². The zero-order valence-electron chi connectivity index (χ0n) is 12.6. The second-order valence-corrected chi connectivity index (χ2v) is 5.49. The summed E-state index contributed by atoms with van der Waals surface area (Å²) in [5.41, 5.74) is 2.59. The molecule has 2 heterocycles. The number of benzene rings is 1. The standard InChI is InChI=1S/C16H22N4O/c1-19-11-13(9-18-19)12-20-8-7-17-10-16(20)14-3-5-15(21-2)6-4-14/h3-6,9,11,16-17H,7-8,10,12H2,1-2H3/t16-/m0/s1. The van der Waals surface area contributed by atoms with Crippen LogP contribution in [0, 0.1) is 0 Å². The number of hydrogen-bond donors (Lipinski definition) is 1. The van der Waals surface area contributed by atoms with Crippen LogP contribution in [0.15, 0.2) is 36.7 Å². The van der Waals surface area contributed by atoms with Crippen LogP contribution >= 0.6 is 0 Å². The molecule has 112 valence electrons. The van der Waals surface area contributed by atoms with Gasteiger partial charge in [0.2, 0.25) is 0 Å². The van der Waals surface area contributed by atoms with E-state index in [-0.39, 0.29) is 0 Å². The molecule has 1 aromatic carbocycles. The van der Waals surface area contributed by atoms with E-state index in [0.717, 1.165) is 31.9 Å². The number of aryl methyl sites for hydroxylation is 1. The summed E-state index contributed by atoms with van der Waals surface area (Å²) in [6.45, 7) is 4.00. The Balaban J connectivity index is 1.76. The fourth-order valence-corrected chi connectivity index (χ4v) is 2.88. The predicted molar refractivity (Wildman–Crippen MR) is 82.2 cm³/mol. The Hall–Kier alpha value is -1.85. The lowest BCUT2D eigenvalue weighted by Gasteiger charge is -2.36. The summed E-state index contributed by atoms with van der Waals surface area (Å²) >= 11 is 0. The van der Waals surface area contributed by atoms with Crippen molar-refractivity contribution < 1.29 is 4.74 Å². The molecule has 2 aromatic rings. The van der Waals surface area contributed by atoms with E-state index < -0.39 is 0 Å². The molecule has 21 heavy (non-hydrogen) atoms. The maximum absolute atomic E-state index is 5.24. The van der Waals surface area contributed by atoms with E-state index in [1.807, 2.05) is 30.1 Å². The van der Waals surface area contributed by atoms with Crippen molar-refractivity contribution in [3.8, 4) is 5.75 Å². The third kappa shape index (κ3) is 3.25. The van der Waals surface area contributed by atoms with Gasteiger partial charge in [0.1, 0.15) is 5.75 Å². The van der Waals surface area contributed by atoms with Gasteiger partial charge in [0.05, 0.1) is 13.3 Å². The molecule has 0 bridgehead atoms. The summed E-state index contributed by atoms with van der Waals surface area (Å²) in [4.78, 5) is 2.51. The monoisotopic (exact) mass is 286 g/mol. The Labute approximate surface area is 125 Å². The molecule has 0 spiro atoms. The zero-order valence-corrected chi connectivity index (χ0v) is 12.6. The van der Waals surface area contributed by atoms with Crippen LogP contribution in [0.25, 0.3) is 0 Å². The van der Waals surface area contributed by atoms with Crippen molar-refractivity contribution in [2.75, 3.05) is 26.7 Å². The van der Waals surface area contributed by atoms with E-state index >= 15 is 0 Å². The fourth-order valence-electron chi connectivity index (χ4n) is 2.88. The number of nitrogens with zero attached hydrogens (tertiary/aromatic N) is 3. The van der Waals surface area contributed by atoms with Crippen LogP contribution in [0.4, 0.5) is 0 Å². The molecule has 1 atom stereocenters. The van der Waals surface area contributed by atoms with E-state index in [1.54, 1.807) is 7.11 Å². The minimum absolute atomic E-state index is 0.393. The minimum Gasteiger partial charge on any atom is -0.497 e. The van der Waals surface area contributed by atoms with E-state index in [1.165, 1.54) is 11.1 Å². The maximum Gasteiger partial charge on any atom is 0.118 e. The molecule has 0 amide bonds. The van der Waals surface area contributed by atoms with Crippen LogP contribution in [-0.4, -0.2) is 41.4 Å². The first-order valence-electron chi connectivity index (χ1n) is 7.32. The Bertz CT molecular complexity index is 578. The molecule has 0 unspecified atom stereocenters. The smallest absolute Gasteiger partial charge is 0.118 e. The van der Waals surface area contributed by atoms with Crippen LogP contribution in [-0.2, 0) is 13.6 Å². The lowest BCUT2D eigenvalue weighted by Crippen LogP contribution is -2.45. The molecule has 5 nitrogen and oxygen atoms in total. The van der Waals surface area contributed by atoms with Crippen molar-refractivity contribution in [3.63, 3.8) is 0 Å². The summed E-state index contributed by atoms with van der Waals surface area (Å²) < 4.78 is 7.10. The molecule has 1 N–H and O–H groups in total. The molecule has 1 fully saturated rings. The Kier molecular flexibility index (Phi) is 4.22. The van der Waals surface area contributed by atoms with Crippen molar-refractivity contribution in [1.82, 2.24) is 20.0 Å². The van der Waals surface area contributed by atoms with Gasteiger partial charge in [-0.15, -0.1) is 0 Å². The summed E-state index contributed by atoms with van der Waals surface area (Å²) in [6.07, 6.45) is 4.04. The predicted octanol–water partition coefficient (Wildman–Crippen LogP) is 1.58. The average Bonchev–Trinajstić information content (AvgIpc) is 2.93. The second-order valence-electron chi connectivity index (χ2n) is 5.49. The second kappa shape index (κ2) is 6.28. The van der Waals surface area contributed by atoms with Gasteiger partial charge in [-0.2, -0.15) is 5.10 Å². The van der Waals surface area contributed by atoms with Crippen molar-refractivity contribution in [3.05, 3.63) is 47.8 Å². The van der Waals surface area contributed by atoms with Gasteiger partial charge in [0, 0.05) is 51.0 Å². The summed E-state index contributed by atoms with van der Waals surface area (Å²) in [6, 6.07) is 8.78. The van der Waals surface area contributed by atoms with Crippen LogP contribution in [0.1, 0.15) is 17.2 Å². The van der Waals surface area contributed by atoms with Gasteiger partial charge in [-0.3, -0.25) is 9.58 Å². The summed E-state index contributed by atoms with van der Waals surface area (Å²) in [5, 5.41) is 7.75. The van der Waals surface area contributed by atoms with Gasteiger partial charge in [0.15, 0.2) is 0 Å². The van der Waals surface area contributed by atoms with E-state index in [9.17, 15) is 0 Å². The van der Waals surface area contributed by atoms with Crippen LogP contribution in [0.5, 0.6) is 5.75 Å². The Morgan fingerprint density at radius 1 is 1.33 bits per heavy atom. The molecule has 0 radical (unpaired) electrons. The number of ether oxygens (including phenoxy) is 1. The maximum atomic E-state index is 5.24. The van der Waals surface area contributed by atoms with E-state index in [0.29, 0.717) is 6.04 Å². The fraction of sp³-hybridized carbons (Fsp3) is 0.438. The lowest BCUT2D eigenvalue weighted by atomic mass is 10.0. The molecule has 0 saturated carbocycles. The molecular formula is C16H22N4O. The highest BCUT2D eigenvalue weighted by Crippen LogP contribution is 2.25. The van der Waals surface area contributed by atoms with Gasteiger partial charge in [-0.1, -0.05) is 12.1 Å². The highest BCUT2D eigenvalue weighted by atomic mass is 16.5. The van der Waals surface area contributed by atoms with Crippen molar-refractivity contribution in [2.45, 2.75) is 12.6 Å². The highest BCUT2D eigenvalue weighted by Gasteiger charge is 2.24. The van der Waals surface area contributed by atoms with Crippen LogP contribution in [0.3, 0.4) is 0 Å². The molecule has 3 rings (SSSR count). The normalized spacial score (nSPS) is 19.6. The highest BCUT2D eigenvalue weighted by molar-refractivity contribution is 5.29. The number of piperazine rings is 1. The average molecular weight is 286 g/mol. The summed E-state index contributed by atoms with van der Waals surface area (Å²) in [7, 11) is 3.66. The Morgan fingerprint density at radius 3 is 2.81 bits per heavy atom. The SMILES string of the molecule is COc1ccc([C@@H]2CNCCN2Cc2cnn(C)c2)cc1. The third-order valence-corrected chi connectivity index (χ3v) is 4.00. The van der Waals surface area contributed by atoms with Crippen LogP contribution < -0.4 is 10.1 Å². The van der Waals surface area contributed by atoms with Gasteiger partial charge in [-0.05, 0) is 17.7 Å². The topological polar surface area (TPSA) is 42.3 Å². The number of methoxy groups -OCH3 is 1. The van der Waals surface area contributed by atoms with Gasteiger partial charge >= 0.3 is 0 Å². The molecule has 0 aliphatic carbocycles. The number of aromatic nitrogens is 2. The van der Waals surface area contributed by atoms with Crippen LogP contribution in [0.2, 0.25) is 0 Å². The molecule has 1 aliphatic rings. The molecule has 1 aliphatic heterocycles. The molecular weight excluding hydrogens is 264 g/mol. The molecule has 5 heteroatoms. The summed E-state index contributed by atoms with van der Waals surface area (Å²) in [5.74, 6) is 0.904. The van der Waals surface area contributed by atoms with Crippen molar-refractivity contribution in [2.24, 2.45) is 7.05 Å². The number of nitrogens with one attached hydrogen (secondary N) is 1. The Morgan fingerprint density at radius 2 is 2.14 bits per heavy atom. The first-order valence-corrected chi connectivity index (χ1v) is 7.32. The molecule has 1 saturated heterocycles. The first-order chi connectivity index (χ1) is 10.3. The number of rotatable bonds is 4. The van der Waals surface area contributed by atoms with E-state index in [4.69, 9.17) is 4.74 Å². The quantitative estimate of drug-likeness (QED) is 0.926. The van der Waals surface area contributed by atoms with Crippen molar-refractivity contribution in [1.29, 1.82) is 0 Å². The third-order valence-electron chi connectivity index (χ3n) is 4.00. The zero-order chi connectivity index (χ0) is 14.7. The minimum atomic E-state index is 0.393. The largest absolute Gasteiger partial charge is 0.497 e. The molecule has 1 aromatic heterocycles. The van der Waals surface area contributed by atoms with Gasteiger partial charge < -0.3 is 10.1 Å². The number of hydrogen-bond acceptors (Lipinski definition) is 4.